The minimum atomic E-state index is -5.08. The molecule has 1 aromatic carbocycles. The van der Waals surface area contributed by atoms with E-state index in [0.29, 0.717) is 41.3 Å². The molecular weight excluding hydrogens is 526 g/mol. The second-order valence-corrected chi connectivity index (χ2v) is 10.3. The zero-order valence-corrected chi connectivity index (χ0v) is 20.3. The Morgan fingerprint density at radius 2 is 1.68 bits per heavy atom. The number of aryl methyl sites for hydroxylation is 1. The number of sulfonamides is 1. The number of benzene rings is 1. The summed E-state index contributed by atoms with van der Waals surface area (Å²) in [6.07, 6.45) is -5.16. The molecular formula is C17H24F3N3O8PS2+. The number of fused-ring (bicyclic) bond motifs is 1. The molecule has 0 bridgehead atoms. The van der Waals surface area contributed by atoms with Gasteiger partial charge in [0.25, 0.3) is 10.0 Å². The summed E-state index contributed by atoms with van der Waals surface area (Å²) in [6, 6.07) is 3.45. The number of hydrogen-bond donors (Lipinski definition) is 5. The molecule has 0 radical (unpaired) electrons. The molecule has 17 heteroatoms. The first-order valence-corrected chi connectivity index (χ1v) is 13.2. The fraction of sp³-hybridized carbons (Fsp3) is 0.471. The third kappa shape index (κ3) is 8.61. The van der Waals surface area contributed by atoms with Crippen LogP contribution in [-0.4, -0.2) is 63.2 Å². The molecule has 192 valence electrons. The lowest BCUT2D eigenvalue weighted by molar-refractivity contribution is -0.192. The number of carbonyl (C=O) groups is 1. The number of hydrogen-bond acceptors (Lipinski definition) is 9. The lowest BCUT2D eigenvalue weighted by Gasteiger charge is -2.12. The van der Waals surface area contributed by atoms with Gasteiger partial charge in [0.05, 0.1) is 0 Å². The van der Waals surface area contributed by atoms with E-state index in [-0.39, 0.29) is 17.4 Å². The first kappa shape index (κ1) is 30.0. The van der Waals surface area contributed by atoms with Crippen molar-refractivity contribution in [3.63, 3.8) is 0 Å². The molecule has 0 aliphatic rings. The van der Waals surface area contributed by atoms with Crippen LogP contribution in [0.15, 0.2) is 16.3 Å². The summed E-state index contributed by atoms with van der Waals surface area (Å²) in [5.74, 6) is -1.84. The van der Waals surface area contributed by atoms with E-state index in [2.05, 4.69) is 4.72 Å². The van der Waals surface area contributed by atoms with Crippen LogP contribution < -0.4 is 25.7 Å². The number of halogens is 3. The van der Waals surface area contributed by atoms with E-state index < -0.39 is 36.5 Å². The van der Waals surface area contributed by atoms with E-state index in [4.69, 9.17) is 35.7 Å². The summed E-state index contributed by atoms with van der Waals surface area (Å²) < 4.78 is 82.0. The van der Waals surface area contributed by atoms with Gasteiger partial charge in [0.2, 0.25) is 6.29 Å². The van der Waals surface area contributed by atoms with Crippen molar-refractivity contribution in [3.05, 3.63) is 17.7 Å². The van der Waals surface area contributed by atoms with Gasteiger partial charge in [0.1, 0.15) is 17.4 Å². The normalized spacial score (nSPS) is 12.1. The number of nitrogens with two attached hydrogens (primary N) is 2. The standard InChI is InChI=1S/C15H22N3O6PS2.C2HF3O2/c1-2-10-11-7-12(23-5-3-16)13(24-6-4-17)8-14(11)26-15(10)27(21,22)18-9-25(19)20;3-2(4,5)1(6)7/h7-8,18H,2-6,9,16-17H2,1H3;(H,6,7)/p+1. The smallest absolute Gasteiger partial charge is 0.488 e. The van der Waals surface area contributed by atoms with E-state index in [0.717, 1.165) is 16.7 Å². The van der Waals surface area contributed by atoms with Gasteiger partial charge in [-0.25, -0.2) is 13.2 Å². The zero-order valence-electron chi connectivity index (χ0n) is 17.8. The summed E-state index contributed by atoms with van der Waals surface area (Å²) in [5.41, 5.74) is 11.6. The van der Waals surface area contributed by atoms with Gasteiger partial charge >= 0.3 is 20.2 Å². The van der Waals surface area contributed by atoms with Crippen LogP contribution in [0.1, 0.15) is 12.5 Å². The van der Waals surface area contributed by atoms with Crippen LogP contribution in [0.3, 0.4) is 0 Å². The Morgan fingerprint density at radius 3 is 2.09 bits per heavy atom. The maximum Gasteiger partial charge on any atom is 0.522 e. The van der Waals surface area contributed by atoms with Gasteiger partial charge in [-0.15, -0.1) is 11.3 Å². The number of ether oxygens (including phenoxy) is 2. The zero-order chi connectivity index (χ0) is 26.1. The first-order valence-electron chi connectivity index (χ1n) is 9.46. The van der Waals surface area contributed by atoms with Gasteiger partial charge in [-0.3, -0.25) is 0 Å². The molecule has 1 aromatic heterocycles. The molecule has 0 saturated heterocycles. The van der Waals surface area contributed by atoms with Crippen LogP contribution in [0, 0.1) is 0 Å². The lowest BCUT2D eigenvalue weighted by atomic mass is 10.1. The Bertz CT molecular complexity index is 1110. The van der Waals surface area contributed by atoms with E-state index in [1.165, 1.54) is 0 Å². The largest absolute Gasteiger partial charge is 0.522 e. The molecule has 11 nitrogen and oxygen atoms in total. The summed E-state index contributed by atoms with van der Waals surface area (Å²) in [7, 11) is -6.53. The highest BCUT2D eigenvalue weighted by atomic mass is 32.2. The molecule has 1 heterocycles. The van der Waals surface area contributed by atoms with Gasteiger partial charge < -0.3 is 26.0 Å². The number of carboxylic acid groups (broad SMARTS) is 1. The summed E-state index contributed by atoms with van der Waals surface area (Å²) in [5, 5.41) is 7.85. The molecule has 7 N–H and O–H groups in total. The number of thiophene rings is 1. The van der Waals surface area contributed by atoms with E-state index in [1.807, 2.05) is 6.92 Å². The Labute approximate surface area is 197 Å². The Kier molecular flexibility index (Phi) is 11.6. The van der Waals surface area contributed by atoms with Crippen molar-refractivity contribution in [1.82, 2.24) is 4.72 Å². The SMILES string of the molecule is CCc1c(S(=O)(=O)NC[P+](=O)O)sc2cc(OCCN)c(OCCN)cc12.O=C(O)C(F)(F)F. The molecule has 0 fully saturated rings. The topological polar surface area (TPSA) is 191 Å². The van der Waals surface area contributed by atoms with E-state index in [1.54, 1.807) is 12.1 Å². The number of aliphatic carboxylic acids is 1. The molecule has 2 rings (SSSR count). The van der Waals surface area contributed by atoms with Crippen LogP contribution in [0.25, 0.3) is 10.1 Å². The molecule has 0 aliphatic heterocycles. The highest BCUT2D eigenvalue weighted by molar-refractivity contribution is 7.92. The van der Waals surface area contributed by atoms with Crippen LogP contribution in [0.5, 0.6) is 11.5 Å². The van der Waals surface area contributed by atoms with Gasteiger partial charge in [0.15, 0.2) is 11.5 Å². The van der Waals surface area contributed by atoms with E-state index in [9.17, 15) is 26.2 Å². The third-order valence-electron chi connectivity index (χ3n) is 3.80. The fourth-order valence-electron chi connectivity index (χ4n) is 2.45. The number of nitrogens with one attached hydrogen (secondary N) is 1. The van der Waals surface area contributed by atoms with Crippen molar-refractivity contribution in [2.45, 2.75) is 23.7 Å². The van der Waals surface area contributed by atoms with Gasteiger partial charge in [-0.1, -0.05) is 6.92 Å². The summed E-state index contributed by atoms with van der Waals surface area (Å²) in [6.45, 7) is 3.05. The van der Waals surface area contributed by atoms with Crippen molar-refractivity contribution in [3.8, 4) is 11.5 Å². The van der Waals surface area contributed by atoms with Gasteiger partial charge in [-0.2, -0.15) is 22.8 Å². The fourth-order valence-corrected chi connectivity index (χ4v) is 6.21. The van der Waals surface area contributed by atoms with Crippen molar-refractivity contribution >= 4 is 45.4 Å². The van der Waals surface area contributed by atoms with Crippen LogP contribution in [0.2, 0.25) is 0 Å². The monoisotopic (exact) mass is 550 g/mol. The second-order valence-electron chi connectivity index (χ2n) is 6.25. The maximum absolute atomic E-state index is 12.6. The molecule has 2 aromatic rings. The number of alkyl halides is 3. The third-order valence-corrected chi connectivity index (χ3v) is 7.60. The molecule has 34 heavy (non-hydrogen) atoms. The predicted molar refractivity (Wildman–Crippen MR) is 119 cm³/mol. The average molecular weight is 550 g/mol. The first-order chi connectivity index (χ1) is 15.8. The predicted octanol–water partition coefficient (Wildman–Crippen LogP) is 1.74. The average Bonchev–Trinajstić information content (AvgIpc) is 3.12. The molecule has 1 atom stereocenters. The summed E-state index contributed by atoms with van der Waals surface area (Å²) in [4.78, 5) is 17.8. The minimum absolute atomic E-state index is 0.109. The van der Waals surface area contributed by atoms with Crippen molar-refractivity contribution in [2.24, 2.45) is 11.5 Å². The van der Waals surface area contributed by atoms with Crippen LogP contribution in [-0.2, 0) is 25.8 Å². The quantitative estimate of drug-likeness (QED) is 0.258. The van der Waals surface area contributed by atoms with Crippen LogP contribution >= 0.6 is 19.4 Å². The Hall–Kier alpha value is -2.07. The molecule has 0 amide bonds. The number of rotatable bonds is 11. The second kappa shape index (κ2) is 13.1. The highest BCUT2D eigenvalue weighted by Crippen LogP contribution is 2.41. The van der Waals surface area contributed by atoms with Gasteiger partial charge in [-0.05, 0) is 22.6 Å². The maximum atomic E-state index is 12.6. The molecule has 0 spiro atoms. The molecule has 1 unspecified atom stereocenters. The van der Waals surface area contributed by atoms with Crippen LogP contribution in [0.4, 0.5) is 13.2 Å². The number of carboxylic acids is 1. The minimum Gasteiger partial charge on any atom is -0.488 e. The highest BCUT2D eigenvalue weighted by Gasteiger charge is 2.38. The molecule has 0 aliphatic carbocycles. The Morgan fingerprint density at radius 1 is 1.18 bits per heavy atom. The van der Waals surface area contributed by atoms with Crippen molar-refractivity contribution in [1.29, 1.82) is 0 Å². The van der Waals surface area contributed by atoms with Crippen molar-refractivity contribution in [2.75, 3.05) is 32.6 Å². The van der Waals surface area contributed by atoms with Gasteiger partial charge in [0, 0.05) is 29.2 Å². The van der Waals surface area contributed by atoms with E-state index >= 15 is 0 Å². The Balaban J connectivity index is 0.000000718. The molecule has 0 saturated carbocycles. The lowest BCUT2D eigenvalue weighted by Crippen LogP contribution is -2.23. The summed E-state index contributed by atoms with van der Waals surface area (Å²) >= 11 is 1.07. The van der Waals surface area contributed by atoms with Crippen molar-refractivity contribution < 1.29 is 50.4 Å².